The summed E-state index contributed by atoms with van der Waals surface area (Å²) in [6.45, 7) is 0. The number of aliphatic carboxylic acids is 1. The molecule has 1 saturated heterocycles. The number of nitrogens with zero attached hydrogens (tertiary/aromatic N) is 3. The summed E-state index contributed by atoms with van der Waals surface area (Å²) in [7, 11) is 0. The first kappa shape index (κ1) is 11.0. The predicted octanol–water partition coefficient (Wildman–Crippen LogP) is 0.701. The van der Waals surface area contributed by atoms with E-state index >= 15 is 0 Å². The van der Waals surface area contributed by atoms with Gasteiger partial charge in [0.05, 0.1) is 11.3 Å². The molecule has 3 heterocycles. The average Bonchev–Trinajstić information content (AvgIpc) is 2.77. The van der Waals surface area contributed by atoms with Crippen molar-refractivity contribution in [2.45, 2.75) is 5.37 Å². The van der Waals surface area contributed by atoms with E-state index in [9.17, 15) is 9.59 Å². The monoisotopic (exact) mass is 261 g/mol. The second kappa shape index (κ2) is 3.95. The number of amides is 1. The van der Waals surface area contributed by atoms with E-state index in [2.05, 4.69) is 10.2 Å². The number of carbonyl (C=O) groups is 2. The number of β-lactam (4-membered cyclic amide) rings is 1. The van der Waals surface area contributed by atoms with E-state index in [4.69, 9.17) is 5.11 Å². The second-order valence-corrected chi connectivity index (χ2v) is 4.67. The quantitative estimate of drug-likeness (QED) is 0.623. The largest absolute Gasteiger partial charge is 0.477 e. The number of carboxylic acids is 1. The molecule has 3 rings (SSSR count). The summed E-state index contributed by atoms with van der Waals surface area (Å²) in [4.78, 5) is 24.0. The van der Waals surface area contributed by atoms with Crippen LogP contribution >= 0.6 is 11.8 Å². The molecule has 0 aromatic carbocycles. The molecule has 7 heteroatoms. The van der Waals surface area contributed by atoms with Crippen molar-refractivity contribution < 1.29 is 14.7 Å². The average molecular weight is 261 g/mol. The van der Waals surface area contributed by atoms with E-state index < -0.39 is 5.97 Å². The maximum Gasteiger partial charge on any atom is 0.353 e. The Morgan fingerprint density at radius 3 is 3.06 bits per heavy atom. The first-order chi connectivity index (χ1) is 8.68. The minimum atomic E-state index is -1.09. The fourth-order valence-corrected chi connectivity index (χ4v) is 2.93. The van der Waals surface area contributed by atoms with Gasteiger partial charge in [0.1, 0.15) is 11.1 Å². The topological polar surface area (TPSA) is 83.4 Å². The van der Waals surface area contributed by atoms with Crippen molar-refractivity contribution in [1.82, 2.24) is 15.1 Å². The van der Waals surface area contributed by atoms with Crippen molar-refractivity contribution in [2.24, 2.45) is 0 Å². The van der Waals surface area contributed by atoms with Crippen LogP contribution in [0.3, 0.4) is 0 Å². The summed E-state index contributed by atoms with van der Waals surface area (Å²) in [6.07, 6.45) is 3.19. The number of hydrogen-bond acceptors (Lipinski definition) is 5. The molecule has 1 unspecified atom stereocenters. The van der Waals surface area contributed by atoms with E-state index in [0.29, 0.717) is 11.3 Å². The number of rotatable bonds is 2. The molecule has 0 aliphatic carbocycles. The molecule has 0 saturated carbocycles. The third-order valence-electron chi connectivity index (χ3n) is 2.65. The van der Waals surface area contributed by atoms with Crippen LogP contribution < -0.4 is 0 Å². The molecule has 1 aromatic rings. The SMILES string of the molecule is O=C(O)C1=CSC2/C(=C\c3cccnn3)C(=O)N12. The minimum Gasteiger partial charge on any atom is -0.477 e. The zero-order valence-electron chi connectivity index (χ0n) is 8.98. The molecule has 1 amide bonds. The number of carbonyl (C=O) groups excluding carboxylic acids is 1. The highest BCUT2D eigenvalue weighted by Gasteiger charge is 2.49. The molecule has 1 fully saturated rings. The lowest BCUT2D eigenvalue weighted by molar-refractivity contribution is -0.141. The van der Waals surface area contributed by atoms with Gasteiger partial charge in [-0.05, 0) is 18.2 Å². The lowest BCUT2D eigenvalue weighted by Gasteiger charge is -2.37. The minimum absolute atomic E-state index is 0.0336. The van der Waals surface area contributed by atoms with Crippen molar-refractivity contribution in [3.63, 3.8) is 0 Å². The van der Waals surface area contributed by atoms with Gasteiger partial charge in [-0.3, -0.25) is 9.69 Å². The normalized spacial score (nSPS) is 23.7. The molecule has 6 nitrogen and oxygen atoms in total. The lowest BCUT2D eigenvalue weighted by Crippen LogP contribution is -2.51. The number of fused-ring (bicyclic) bond motifs is 1. The van der Waals surface area contributed by atoms with Crippen LogP contribution in [0.5, 0.6) is 0 Å². The van der Waals surface area contributed by atoms with Gasteiger partial charge in [0, 0.05) is 11.6 Å². The molecular weight excluding hydrogens is 254 g/mol. The number of carboxylic acid groups (broad SMARTS) is 1. The highest BCUT2D eigenvalue weighted by molar-refractivity contribution is 8.03. The van der Waals surface area contributed by atoms with E-state index in [-0.39, 0.29) is 17.0 Å². The molecule has 2 aliphatic heterocycles. The van der Waals surface area contributed by atoms with Crippen molar-refractivity contribution in [3.05, 3.63) is 40.7 Å². The van der Waals surface area contributed by atoms with Crippen LogP contribution in [0.15, 0.2) is 35.0 Å². The van der Waals surface area contributed by atoms with E-state index in [1.807, 2.05) is 0 Å². The Bertz CT molecular complexity index is 597. The molecule has 0 radical (unpaired) electrons. The molecule has 2 aliphatic rings. The fourth-order valence-electron chi connectivity index (χ4n) is 1.82. The Labute approximate surface area is 106 Å². The Hall–Kier alpha value is -2.15. The van der Waals surface area contributed by atoms with Gasteiger partial charge in [0.15, 0.2) is 0 Å². The third kappa shape index (κ3) is 1.52. The zero-order chi connectivity index (χ0) is 12.7. The van der Waals surface area contributed by atoms with Crippen molar-refractivity contribution in [1.29, 1.82) is 0 Å². The predicted molar refractivity (Wildman–Crippen MR) is 64.0 cm³/mol. The second-order valence-electron chi connectivity index (χ2n) is 3.72. The van der Waals surface area contributed by atoms with Crippen LogP contribution in [0.2, 0.25) is 0 Å². The van der Waals surface area contributed by atoms with Gasteiger partial charge < -0.3 is 5.11 Å². The summed E-state index contributed by atoms with van der Waals surface area (Å²) >= 11 is 1.31. The fraction of sp³-hybridized carbons (Fsp3) is 0.0909. The molecule has 0 bridgehead atoms. The Kier molecular flexibility index (Phi) is 2.41. The molecule has 0 spiro atoms. The summed E-state index contributed by atoms with van der Waals surface area (Å²) in [5, 5.41) is 17.7. The zero-order valence-corrected chi connectivity index (χ0v) is 9.79. The number of aromatic nitrogens is 2. The molecule has 1 atom stereocenters. The van der Waals surface area contributed by atoms with E-state index in [0.717, 1.165) is 0 Å². The maximum absolute atomic E-state index is 11.9. The molecular formula is C11H7N3O3S. The number of thioether (sulfide) groups is 1. The summed E-state index contributed by atoms with van der Waals surface area (Å²) in [5.74, 6) is -1.37. The van der Waals surface area contributed by atoms with Gasteiger partial charge in [-0.2, -0.15) is 10.2 Å². The van der Waals surface area contributed by atoms with Crippen LogP contribution in [0.1, 0.15) is 5.69 Å². The van der Waals surface area contributed by atoms with Crippen molar-refractivity contribution >= 4 is 29.7 Å². The molecule has 1 aromatic heterocycles. The summed E-state index contributed by atoms with van der Waals surface area (Å²) in [5.41, 5.74) is 1.17. The molecule has 18 heavy (non-hydrogen) atoms. The first-order valence-corrected chi connectivity index (χ1v) is 6.04. The van der Waals surface area contributed by atoms with Crippen LogP contribution in [0.4, 0.5) is 0 Å². The standard InChI is InChI=1S/C11H7N3O3S/c15-9-7(4-6-2-1-3-12-13-6)10-14(9)8(5-18-10)11(16)17/h1-5,10H,(H,16,17)/b7-4-. The third-order valence-corrected chi connectivity index (χ3v) is 3.73. The summed E-state index contributed by atoms with van der Waals surface area (Å²) < 4.78 is 0. The van der Waals surface area contributed by atoms with Gasteiger partial charge in [0.25, 0.3) is 5.91 Å². The van der Waals surface area contributed by atoms with Gasteiger partial charge in [-0.1, -0.05) is 0 Å². The van der Waals surface area contributed by atoms with Gasteiger partial charge >= 0.3 is 5.97 Å². The Morgan fingerprint density at radius 1 is 1.56 bits per heavy atom. The lowest BCUT2D eigenvalue weighted by atomic mass is 10.0. The smallest absolute Gasteiger partial charge is 0.353 e. The van der Waals surface area contributed by atoms with E-state index in [1.165, 1.54) is 22.1 Å². The maximum atomic E-state index is 11.9. The Balaban J connectivity index is 1.87. The summed E-state index contributed by atoms with van der Waals surface area (Å²) in [6, 6.07) is 3.46. The van der Waals surface area contributed by atoms with Gasteiger partial charge in [0.2, 0.25) is 0 Å². The van der Waals surface area contributed by atoms with Crippen LogP contribution in [0.25, 0.3) is 6.08 Å². The van der Waals surface area contributed by atoms with Crippen LogP contribution in [0, 0.1) is 0 Å². The Morgan fingerprint density at radius 2 is 2.39 bits per heavy atom. The van der Waals surface area contributed by atoms with Crippen LogP contribution in [-0.4, -0.2) is 37.5 Å². The first-order valence-electron chi connectivity index (χ1n) is 5.10. The van der Waals surface area contributed by atoms with Gasteiger partial charge in [-0.15, -0.1) is 11.8 Å². The molecule has 90 valence electrons. The van der Waals surface area contributed by atoms with Crippen LogP contribution in [-0.2, 0) is 9.59 Å². The van der Waals surface area contributed by atoms with Crippen molar-refractivity contribution in [2.75, 3.05) is 0 Å². The highest BCUT2D eigenvalue weighted by Crippen LogP contribution is 2.44. The highest BCUT2D eigenvalue weighted by atomic mass is 32.2. The van der Waals surface area contributed by atoms with Crippen molar-refractivity contribution in [3.8, 4) is 0 Å². The van der Waals surface area contributed by atoms with Gasteiger partial charge in [-0.25, -0.2) is 4.79 Å². The molecule has 1 N–H and O–H groups in total. The number of hydrogen-bond donors (Lipinski definition) is 1. The van der Waals surface area contributed by atoms with E-state index in [1.54, 1.807) is 24.4 Å².